The van der Waals surface area contributed by atoms with Crippen molar-refractivity contribution < 1.29 is 13.9 Å². The smallest absolute Gasteiger partial charge is 0.264 e. The summed E-state index contributed by atoms with van der Waals surface area (Å²) in [5.41, 5.74) is 4.78. The highest BCUT2D eigenvalue weighted by Crippen LogP contribution is 2.34. The molecule has 3 aromatic rings. The Bertz CT molecular complexity index is 1300. The van der Waals surface area contributed by atoms with Crippen LogP contribution in [0.4, 0.5) is 10.1 Å². The molecular weight excluding hydrogens is 745 g/mol. The van der Waals surface area contributed by atoms with Gasteiger partial charge in [-0.25, -0.2) is 9.38 Å². The number of carbonyl (C=O) groups excluding carboxylic acids is 1. The number of hydrogen-bond acceptors (Lipinski definition) is 4. The molecule has 3 aromatic carbocycles. The summed E-state index contributed by atoms with van der Waals surface area (Å²) in [6, 6.07) is 14.2. The Hall–Kier alpha value is -1.44. The maximum absolute atomic E-state index is 13.1. The monoisotopic (exact) mass is 762 g/mol. The van der Waals surface area contributed by atoms with E-state index in [1.54, 1.807) is 12.1 Å². The second kappa shape index (κ2) is 11.1. The van der Waals surface area contributed by atoms with Crippen LogP contribution < -0.4 is 10.1 Å². The van der Waals surface area contributed by atoms with Crippen LogP contribution in [-0.4, -0.2) is 11.1 Å². The van der Waals surface area contributed by atoms with Crippen molar-refractivity contribution in [2.24, 2.45) is 4.99 Å². The van der Waals surface area contributed by atoms with Gasteiger partial charge in [-0.15, -0.1) is 0 Å². The van der Waals surface area contributed by atoms with Crippen LogP contribution in [0.15, 0.2) is 62.9 Å². The Morgan fingerprint density at radius 3 is 2.32 bits per heavy atom. The van der Waals surface area contributed by atoms with Gasteiger partial charge in [0.05, 0.1) is 17.7 Å². The fourth-order valence-corrected chi connectivity index (χ4v) is 6.47. The summed E-state index contributed by atoms with van der Waals surface area (Å²) >= 11 is 9.34. The fourth-order valence-electron chi connectivity index (χ4n) is 3.27. The van der Waals surface area contributed by atoms with E-state index >= 15 is 0 Å². The minimum Gasteiger partial charge on any atom is -0.487 e. The third-order valence-electron chi connectivity index (χ3n) is 4.92. The van der Waals surface area contributed by atoms with Crippen LogP contribution in [0.1, 0.15) is 22.3 Å². The first-order valence-corrected chi connectivity index (χ1v) is 13.9. The number of benzene rings is 3. The highest BCUT2D eigenvalue weighted by molar-refractivity contribution is 14.1. The van der Waals surface area contributed by atoms with E-state index in [0.717, 1.165) is 45.3 Å². The lowest BCUT2D eigenvalue weighted by atomic mass is 10.1. The predicted molar refractivity (Wildman–Crippen MR) is 157 cm³/mol. The van der Waals surface area contributed by atoms with E-state index in [4.69, 9.17) is 4.74 Å². The topological polar surface area (TPSA) is 50.7 Å². The molecule has 174 valence electrons. The van der Waals surface area contributed by atoms with E-state index in [-0.39, 0.29) is 11.7 Å². The van der Waals surface area contributed by atoms with Gasteiger partial charge in [0.15, 0.2) is 5.17 Å². The van der Waals surface area contributed by atoms with Crippen LogP contribution in [0.5, 0.6) is 5.75 Å². The average Bonchev–Trinajstić information content (AvgIpc) is 3.11. The van der Waals surface area contributed by atoms with Gasteiger partial charge >= 0.3 is 0 Å². The zero-order valence-corrected chi connectivity index (χ0v) is 24.8. The van der Waals surface area contributed by atoms with Gasteiger partial charge in [0, 0.05) is 4.47 Å². The number of halogens is 4. The molecule has 1 N–H and O–H groups in total. The van der Waals surface area contributed by atoms with Gasteiger partial charge < -0.3 is 10.1 Å². The number of nitrogens with one attached hydrogen (secondary N) is 1. The molecule has 1 heterocycles. The van der Waals surface area contributed by atoms with Crippen LogP contribution in [-0.2, 0) is 11.4 Å². The Labute approximate surface area is 237 Å². The molecule has 1 aliphatic rings. The van der Waals surface area contributed by atoms with Crippen molar-refractivity contribution in [2.75, 3.05) is 0 Å². The lowest BCUT2D eigenvalue weighted by Crippen LogP contribution is -2.19. The van der Waals surface area contributed by atoms with Crippen LogP contribution in [0.3, 0.4) is 0 Å². The molecule has 1 saturated heterocycles. The molecule has 0 radical (unpaired) electrons. The van der Waals surface area contributed by atoms with E-state index in [1.807, 2.05) is 44.2 Å². The SMILES string of the molecule is Cc1cc(N=C2NC(=O)/C(=C/c3cc(I)c(OCc4ccc(F)cc4)c(I)c3)S2)cc(C)c1Br. The quantitative estimate of drug-likeness (QED) is 0.213. The number of hydrogen-bond donors (Lipinski definition) is 1. The van der Waals surface area contributed by atoms with Gasteiger partial charge in [0.1, 0.15) is 18.2 Å². The van der Waals surface area contributed by atoms with E-state index in [0.29, 0.717) is 16.7 Å². The van der Waals surface area contributed by atoms with Crippen LogP contribution in [0.25, 0.3) is 6.08 Å². The van der Waals surface area contributed by atoms with Crippen molar-refractivity contribution in [1.29, 1.82) is 0 Å². The molecule has 0 atom stereocenters. The number of ether oxygens (including phenoxy) is 1. The first-order chi connectivity index (χ1) is 16.2. The summed E-state index contributed by atoms with van der Waals surface area (Å²) in [6.45, 7) is 4.38. The Morgan fingerprint density at radius 1 is 1.09 bits per heavy atom. The minimum absolute atomic E-state index is 0.170. The Balaban J connectivity index is 1.51. The first-order valence-electron chi connectivity index (χ1n) is 10.1. The number of aryl methyl sites for hydroxylation is 2. The molecule has 1 fully saturated rings. The number of nitrogens with zero attached hydrogens (tertiary/aromatic N) is 1. The number of rotatable bonds is 5. The minimum atomic E-state index is -0.269. The maximum Gasteiger partial charge on any atom is 0.264 e. The summed E-state index contributed by atoms with van der Waals surface area (Å²) in [5, 5.41) is 3.40. The molecular formula is C25H18BrFI2N2O2S. The van der Waals surface area contributed by atoms with Crippen molar-refractivity contribution in [3.8, 4) is 5.75 Å². The lowest BCUT2D eigenvalue weighted by Gasteiger charge is -2.12. The third kappa shape index (κ3) is 6.21. The normalized spacial score (nSPS) is 15.8. The van der Waals surface area contributed by atoms with Crippen molar-refractivity contribution >= 4 is 95.7 Å². The maximum atomic E-state index is 13.1. The summed E-state index contributed by atoms with van der Waals surface area (Å²) in [6.07, 6.45) is 1.86. The first kappa shape index (κ1) is 25.6. The highest BCUT2D eigenvalue weighted by Gasteiger charge is 2.24. The van der Waals surface area contributed by atoms with Crippen molar-refractivity contribution in [2.45, 2.75) is 20.5 Å². The van der Waals surface area contributed by atoms with E-state index in [2.05, 4.69) is 71.4 Å². The number of carbonyl (C=O) groups is 1. The average molecular weight is 763 g/mol. The summed E-state index contributed by atoms with van der Waals surface area (Å²) in [7, 11) is 0. The Morgan fingerprint density at radius 2 is 1.71 bits per heavy atom. The van der Waals surface area contributed by atoms with Gasteiger partial charge in [-0.2, -0.15) is 0 Å². The van der Waals surface area contributed by atoms with E-state index in [1.165, 1.54) is 23.9 Å². The van der Waals surface area contributed by atoms with E-state index in [9.17, 15) is 9.18 Å². The fraction of sp³-hybridized carbons (Fsp3) is 0.120. The molecule has 0 saturated carbocycles. The largest absolute Gasteiger partial charge is 0.487 e. The van der Waals surface area contributed by atoms with Gasteiger partial charge in [-0.3, -0.25) is 4.79 Å². The molecule has 0 bridgehead atoms. The summed E-state index contributed by atoms with van der Waals surface area (Å²) in [4.78, 5) is 17.7. The van der Waals surface area contributed by atoms with Crippen LogP contribution in [0, 0.1) is 26.8 Å². The molecule has 9 heteroatoms. The zero-order valence-electron chi connectivity index (χ0n) is 18.1. The third-order valence-corrected chi connectivity index (χ3v) is 8.68. The number of thioether (sulfide) groups is 1. The van der Waals surface area contributed by atoms with Crippen molar-refractivity contribution in [3.05, 3.63) is 93.1 Å². The molecule has 0 aromatic heterocycles. The van der Waals surface area contributed by atoms with Gasteiger partial charge in [0.2, 0.25) is 0 Å². The van der Waals surface area contributed by atoms with Crippen molar-refractivity contribution in [1.82, 2.24) is 5.32 Å². The number of amides is 1. The molecule has 0 unspecified atom stereocenters. The summed E-state index contributed by atoms with van der Waals surface area (Å²) in [5.74, 6) is 0.324. The van der Waals surface area contributed by atoms with Gasteiger partial charge in [-0.05, 0) is 136 Å². The molecule has 1 amide bonds. The second-order valence-electron chi connectivity index (χ2n) is 7.60. The van der Waals surface area contributed by atoms with Gasteiger partial charge in [-0.1, -0.05) is 28.1 Å². The standard InChI is InChI=1S/C25H18BrFI2N2O2S/c1-13-7-18(8-14(2)22(13)26)30-25-31-24(32)21(34-25)11-16-9-19(28)23(20(29)10-16)33-12-15-3-5-17(27)6-4-15/h3-11H,12H2,1-2H3,(H,30,31,32)/b21-11-. The molecule has 0 aliphatic carbocycles. The highest BCUT2D eigenvalue weighted by atomic mass is 127. The van der Waals surface area contributed by atoms with Crippen molar-refractivity contribution in [3.63, 3.8) is 0 Å². The Kier molecular flexibility index (Phi) is 8.36. The zero-order chi connectivity index (χ0) is 24.4. The van der Waals surface area contributed by atoms with Crippen LogP contribution >= 0.6 is 72.9 Å². The van der Waals surface area contributed by atoms with Crippen LogP contribution in [0.2, 0.25) is 0 Å². The molecule has 1 aliphatic heterocycles. The summed E-state index contributed by atoms with van der Waals surface area (Å²) < 4.78 is 22.0. The number of aliphatic imine (C=N–C) groups is 1. The molecule has 0 spiro atoms. The predicted octanol–water partition coefficient (Wildman–Crippen LogP) is 7.88. The molecule has 4 nitrogen and oxygen atoms in total. The van der Waals surface area contributed by atoms with Gasteiger partial charge in [0.25, 0.3) is 5.91 Å². The van der Waals surface area contributed by atoms with E-state index < -0.39 is 0 Å². The molecule has 34 heavy (non-hydrogen) atoms. The molecule has 4 rings (SSSR count). The lowest BCUT2D eigenvalue weighted by molar-refractivity contribution is -0.115. The number of amidine groups is 1. The second-order valence-corrected chi connectivity index (χ2v) is 11.8.